The highest BCUT2D eigenvalue weighted by molar-refractivity contribution is 5.69. The highest BCUT2D eigenvalue weighted by Crippen LogP contribution is 2.14. The Kier molecular flexibility index (Phi) is 33.6. The van der Waals surface area contributed by atoms with E-state index >= 15 is 0 Å². The standard InChI is InChI=1S/C36H70O4/c1-3-5-7-9-11-13-15-16-17-18-19-20-22-24-26-28-30-32-39-34-35(33-37)40-36(38)31-29-27-25-23-21-14-12-10-8-6-4-2/h10,12,35,37H,3-9,11,13-34H2,1-2H3/b12-10-. The fourth-order valence-corrected chi connectivity index (χ4v) is 5.13. The Morgan fingerprint density at radius 1 is 0.575 bits per heavy atom. The number of unbranched alkanes of at least 4 members (excludes halogenated alkanes) is 23. The zero-order valence-corrected chi connectivity index (χ0v) is 27.1. The molecule has 1 atom stereocenters. The number of rotatable bonds is 33. The first kappa shape index (κ1) is 39.1. The van der Waals surface area contributed by atoms with Crippen molar-refractivity contribution in [2.45, 2.75) is 193 Å². The third kappa shape index (κ3) is 31.7. The van der Waals surface area contributed by atoms with E-state index in [0.29, 0.717) is 19.6 Å². The first-order valence-electron chi connectivity index (χ1n) is 17.8. The quantitative estimate of drug-likeness (QED) is 0.0487. The predicted octanol–water partition coefficient (Wildman–Crippen LogP) is 11.0. The molecular formula is C36H70O4. The second kappa shape index (κ2) is 34.3. The molecule has 0 aliphatic rings. The first-order valence-corrected chi connectivity index (χ1v) is 17.8. The minimum absolute atomic E-state index is 0.170. The van der Waals surface area contributed by atoms with E-state index in [4.69, 9.17) is 9.47 Å². The lowest BCUT2D eigenvalue weighted by Gasteiger charge is -2.15. The zero-order valence-electron chi connectivity index (χ0n) is 27.1. The average Bonchev–Trinajstić information content (AvgIpc) is 2.96. The fraction of sp³-hybridized carbons (Fsp3) is 0.917. The predicted molar refractivity (Wildman–Crippen MR) is 173 cm³/mol. The van der Waals surface area contributed by atoms with Gasteiger partial charge in [-0.1, -0.05) is 161 Å². The molecule has 4 nitrogen and oxygen atoms in total. The third-order valence-corrected chi connectivity index (χ3v) is 7.84. The van der Waals surface area contributed by atoms with Crippen LogP contribution in [0.3, 0.4) is 0 Å². The van der Waals surface area contributed by atoms with Gasteiger partial charge in [-0.05, 0) is 32.1 Å². The SMILES string of the molecule is CCCC/C=C\CCCCCCCC(=O)OC(CO)COCCCCCCCCCCCCCCCCCCC. The summed E-state index contributed by atoms with van der Waals surface area (Å²) in [5, 5.41) is 9.52. The molecule has 0 aromatic heterocycles. The topological polar surface area (TPSA) is 55.8 Å². The van der Waals surface area contributed by atoms with E-state index in [1.807, 2.05) is 0 Å². The Hall–Kier alpha value is -0.870. The van der Waals surface area contributed by atoms with Gasteiger partial charge >= 0.3 is 5.97 Å². The van der Waals surface area contributed by atoms with Crippen molar-refractivity contribution in [3.63, 3.8) is 0 Å². The molecular weight excluding hydrogens is 496 g/mol. The molecule has 0 aromatic carbocycles. The zero-order chi connectivity index (χ0) is 29.2. The van der Waals surface area contributed by atoms with Crippen molar-refractivity contribution >= 4 is 5.97 Å². The lowest BCUT2D eigenvalue weighted by atomic mass is 10.0. The molecule has 0 bridgehead atoms. The van der Waals surface area contributed by atoms with Crippen molar-refractivity contribution < 1.29 is 19.4 Å². The van der Waals surface area contributed by atoms with Crippen LogP contribution < -0.4 is 0 Å². The highest BCUT2D eigenvalue weighted by Gasteiger charge is 2.13. The van der Waals surface area contributed by atoms with Gasteiger partial charge in [-0.2, -0.15) is 0 Å². The maximum Gasteiger partial charge on any atom is 0.306 e. The van der Waals surface area contributed by atoms with E-state index in [1.54, 1.807) is 0 Å². The fourth-order valence-electron chi connectivity index (χ4n) is 5.13. The molecule has 0 saturated carbocycles. The van der Waals surface area contributed by atoms with E-state index in [2.05, 4.69) is 26.0 Å². The molecule has 0 saturated heterocycles. The molecule has 0 spiro atoms. The normalized spacial score (nSPS) is 12.4. The molecule has 1 N–H and O–H groups in total. The Morgan fingerprint density at radius 3 is 1.50 bits per heavy atom. The molecule has 1 unspecified atom stereocenters. The van der Waals surface area contributed by atoms with Crippen LogP contribution >= 0.6 is 0 Å². The highest BCUT2D eigenvalue weighted by atomic mass is 16.6. The van der Waals surface area contributed by atoms with Gasteiger partial charge in [-0.15, -0.1) is 0 Å². The number of aliphatic hydroxyl groups is 1. The monoisotopic (exact) mass is 567 g/mol. The number of hydrogen-bond acceptors (Lipinski definition) is 4. The van der Waals surface area contributed by atoms with Crippen molar-refractivity contribution in [2.75, 3.05) is 19.8 Å². The third-order valence-electron chi connectivity index (χ3n) is 7.84. The van der Waals surface area contributed by atoms with Crippen molar-refractivity contribution in [3.8, 4) is 0 Å². The molecule has 0 rings (SSSR count). The summed E-state index contributed by atoms with van der Waals surface area (Å²) in [7, 11) is 0. The average molecular weight is 567 g/mol. The smallest absolute Gasteiger partial charge is 0.306 e. The number of aliphatic hydroxyl groups excluding tert-OH is 1. The largest absolute Gasteiger partial charge is 0.457 e. The van der Waals surface area contributed by atoms with E-state index in [1.165, 1.54) is 148 Å². The summed E-state index contributed by atoms with van der Waals surface area (Å²) >= 11 is 0. The summed E-state index contributed by atoms with van der Waals surface area (Å²) in [6, 6.07) is 0. The molecule has 0 aliphatic heterocycles. The molecule has 0 aliphatic carbocycles. The molecule has 40 heavy (non-hydrogen) atoms. The van der Waals surface area contributed by atoms with E-state index in [9.17, 15) is 9.90 Å². The number of carbonyl (C=O) groups excluding carboxylic acids is 1. The maximum atomic E-state index is 12.1. The Bertz CT molecular complexity index is 519. The summed E-state index contributed by atoms with van der Waals surface area (Å²) < 4.78 is 11.1. The van der Waals surface area contributed by atoms with Gasteiger partial charge in [0.15, 0.2) is 0 Å². The minimum atomic E-state index is -0.530. The van der Waals surface area contributed by atoms with Crippen molar-refractivity contribution in [1.82, 2.24) is 0 Å². The lowest BCUT2D eigenvalue weighted by Crippen LogP contribution is -2.27. The summed E-state index contributed by atoms with van der Waals surface area (Å²) in [6.45, 7) is 5.32. The number of allylic oxidation sites excluding steroid dienone is 2. The van der Waals surface area contributed by atoms with Gasteiger partial charge in [0, 0.05) is 13.0 Å². The van der Waals surface area contributed by atoms with Crippen LogP contribution in [0.15, 0.2) is 12.2 Å². The summed E-state index contributed by atoms with van der Waals surface area (Å²) in [6.07, 6.45) is 38.2. The van der Waals surface area contributed by atoms with Crippen LogP contribution in [0.4, 0.5) is 0 Å². The Balaban J connectivity index is 3.39. The van der Waals surface area contributed by atoms with Crippen molar-refractivity contribution in [1.29, 1.82) is 0 Å². The van der Waals surface area contributed by atoms with Crippen LogP contribution in [-0.2, 0) is 14.3 Å². The van der Waals surface area contributed by atoms with E-state index < -0.39 is 6.10 Å². The molecule has 238 valence electrons. The number of hydrogen-bond donors (Lipinski definition) is 1. The van der Waals surface area contributed by atoms with E-state index in [-0.39, 0.29) is 12.6 Å². The number of ether oxygens (including phenoxy) is 2. The second-order valence-corrected chi connectivity index (χ2v) is 11.9. The number of carbonyl (C=O) groups is 1. The van der Waals surface area contributed by atoms with Gasteiger partial charge < -0.3 is 14.6 Å². The molecule has 0 heterocycles. The number of esters is 1. The molecule has 0 fully saturated rings. The van der Waals surface area contributed by atoms with Crippen molar-refractivity contribution in [2.24, 2.45) is 0 Å². The van der Waals surface area contributed by atoms with Crippen LogP contribution in [0.25, 0.3) is 0 Å². The van der Waals surface area contributed by atoms with Gasteiger partial charge in [0.2, 0.25) is 0 Å². The molecule has 0 radical (unpaired) electrons. The summed E-state index contributed by atoms with van der Waals surface area (Å²) in [5.41, 5.74) is 0. The van der Waals surface area contributed by atoms with Crippen LogP contribution in [-0.4, -0.2) is 37.0 Å². The first-order chi connectivity index (χ1) is 19.7. The van der Waals surface area contributed by atoms with Gasteiger partial charge in [-0.3, -0.25) is 4.79 Å². The summed E-state index contributed by atoms with van der Waals surface area (Å²) in [4.78, 5) is 12.1. The van der Waals surface area contributed by atoms with Crippen LogP contribution in [0, 0.1) is 0 Å². The summed E-state index contributed by atoms with van der Waals surface area (Å²) in [5.74, 6) is -0.209. The Morgan fingerprint density at radius 2 is 1.00 bits per heavy atom. The van der Waals surface area contributed by atoms with Crippen LogP contribution in [0.5, 0.6) is 0 Å². The van der Waals surface area contributed by atoms with Crippen molar-refractivity contribution in [3.05, 3.63) is 12.2 Å². The second-order valence-electron chi connectivity index (χ2n) is 11.9. The van der Waals surface area contributed by atoms with Crippen LogP contribution in [0.1, 0.15) is 187 Å². The molecule has 4 heteroatoms. The van der Waals surface area contributed by atoms with Gasteiger partial charge in [0.05, 0.1) is 13.2 Å². The van der Waals surface area contributed by atoms with Gasteiger partial charge in [-0.25, -0.2) is 0 Å². The Labute approximate surface area is 250 Å². The maximum absolute atomic E-state index is 12.1. The van der Waals surface area contributed by atoms with Gasteiger partial charge in [0.25, 0.3) is 0 Å². The molecule has 0 aromatic rings. The lowest BCUT2D eigenvalue weighted by molar-refractivity contribution is -0.154. The van der Waals surface area contributed by atoms with Gasteiger partial charge in [0.1, 0.15) is 6.10 Å². The van der Waals surface area contributed by atoms with E-state index in [0.717, 1.165) is 19.3 Å². The molecule has 0 amide bonds. The minimum Gasteiger partial charge on any atom is -0.457 e. The van der Waals surface area contributed by atoms with Crippen LogP contribution in [0.2, 0.25) is 0 Å².